The Hall–Kier alpha value is -1.17. The molecule has 1 aliphatic carbocycles. The number of rotatable bonds is 5. The van der Waals surface area contributed by atoms with Crippen LogP contribution in [0, 0.1) is 11.2 Å². The van der Waals surface area contributed by atoms with Crippen molar-refractivity contribution in [2.75, 3.05) is 19.8 Å². The van der Waals surface area contributed by atoms with E-state index in [0.29, 0.717) is 19.0 Å². The molecule has 1 atom stereocenters. The average Bonchev–Trinajstić information content (AvgIpc) is 2.64. The molecule has 1 aromatic rings. The summed E-state index contributed by atoms with van der Waals surface area (Å²) < 4.78 is 32.0. The van der Waals surface area contributed by atoms with Crippen molar-refractivity contribution < 1.29 is 23.7 Å². The Kier molecular flexibility index (Phi) is 4.73. The molecule has 1 saturated carbocycles. The van der Waals surface area contributed by atoms with Gasteiger partial charge in [-0.05, 0) is 68.1 Å². The summed E-state index contributed by atoms with van der Waals surface area (Å²) in [6.45, 7) is 1.55. The van der Waals surface area contributed by atoms with Gasteiger partial charge >= 0.3 is 0 Å². The molecule has 3 saturated heterocycles. The fraction of sp³-hybridized carbons (Fsp3) is 0.700. The Morgan fingerprint density at radius 1 is 1.16 bits per heavy atom. The highest BCUT2D eigenvalue weighted by molar-refractivity contribution is 5.34. The van der Waals surface area contributed by atoms with Crippen LogP contribution in [-0.2, 0) is 15.1 Å². The van der Waals surface area contributed by atoms with Gasteiger partial charge in [-0.25, -0.2) is 4.39 Å². The van der Waals surface area contributed by atoms with Crippen LogP contribution in [0.1, 0.15) is 56.9 Å². The van der Waals surface area contributed by atoms with E-state index in [2.05, 4.69) is 0 Å². The van der Waals surface area contributed by atoms with Gasteiger partial charge in [0.2, 0.25) is 0 Å². The van der Waals surface area contributed by atoms with Gasteiger partial charge in [0.15, 0.2) is 6.29 Å². The summed E-state index contributed by atoms with van der Waals surface area (Å²) in [6.07, 6.45) is 7.27. The molecule has 25 heavy (non-hydrogen) atoms. The number of aliphatic hydroxyl groups is 1. The number of fused-ring (bicyclic) bond motifs is 3. The molecule has 0 amide bonds. The molecular formula is C20H27FO4. The maximum absolute atomic E-state index is 14.2. The van der Waals surface area contributed by atoms with E-state index in [1.165, 1.54) is 6.07 Å². The number of ether oxygens (including phenoxy) is 3. The molecule has 5 heteroatoms. The van der Waals surface area contributed by atoms with Crippen molar-refractivity contribution in [1.82, 2.24) is 0 Å². The molecular weight excluding hydrogens is 323 g/mol. The molecule has 2 bridgehead atoms. The van der Waals surface area contributed by atoms with E-state index in [-0.39, 0.29) is 24.1 Å². The second-order valence-electron chi connectivity index (χ2n) is 7.85. The van der Waals surface area contributed by atoms with Crippen LogP contribution in [0.2, 0.25) is 0 Å². The van der Waals surface area contributed by atoms with E-state index >= 15 is 0 Å². The lowest BCUT2D eigenvalue weighted by Gasteiger charge is -2.53. The Labute approximate surface area is 148 Å². The number of benzene rings is 1. The van der Waals surface area contributed by atoms with Crippen molar-refractivity contribution in [2.45, 2.75) is 63.3 Å². The first-order chi connectivity index (χ1) is 12.1. The van der Waals surface area contributed by atoms with Gasteiger partial charge in [0, 0.05) is 19.1 Å². The first-order valence-corrected chi connectivity index (χ1v) is 9.47. The molecule has 4 fully saturated rings. The zero-order valence-corrected chi connectivity index (χ0v) is 14.6. The van der Waals surface area contributed by atoms with Crippen LogP contribution in [0.15, 0.2) is 18.2 Å². The third kappa shape index (κ3) is 3.42. The molecule has 3 aliphatic heterocycles. The lowest BCUT2D eigenvalue weighted by molar-refractivity contribution is -0.193. The molecule has 1 N–H and O–H groups in total. The fourth-order valence-corrected chi connectivity index (χ4v) is 4.55. The van der Waals surface area contributed by atoms with E-state index in [0.717, 1.165) is 56.9 Å². The minimum Gasteiger partial charge on any atom is -0.465 e. The second kappa shape index (κ2) is 6.86. The molecule has 1 unspecified atom stereocenters. The van der Waals surface area contributed by atoms with Gasteiger partial charge in [-0.3, -0.25) is 0 Å². The number of hydrogen-bond donors (Lipinski definition) is 1. The SMILES string of the molecule is OCCC12CCC(c3cc(F)cc(OC4CCCCO4)c3)(CC1)OC2. The third-order valence-corrected chi connectivity index (χ3v) is 6.22. The average molecular weight is 350 g/mol. The standard InChI is InChI=1S/C20H27FO4/c21-16-11-15(12-17(13-16)25-18-3-1-2-10-23-18)20-6-4-19(5-7-20,8-9-22)14-24-20/h11-13,18,22H,1-10,14H2. The first-order valence-electron chi connectivity index (χ1n) is 9.47. The van der Waals surface area contributed by atoms with Gasteiger partial charge in [0.05, 0.1) is 18.8 Å². The summed E-state index contributed by atoms with van der Waals surface area (Å²) in [5, 5.41) is 9.31. The number of hydrogen-bond acceptors (Lipinski definition) is 4. The van der Waals surface area contributed by atoms with Gasteiger partial charge in [0.1, 0.15) is 11.6 Å². The first kappa shape index (κ1) is 17.3. The van der Waals surface area contributed by atoms with Crippen molar-refractivity contribution in [2.24, 2.45) is 5.41 Å². The summed E-state index contributed by atoms with van der Waals surface area (Å²) in [6, 6.07) is 4.93. The van der Waals surface area contributed by atoms with Crippen LogP contribution < -0.4 is 4.74 Å². The Morgan fingerprint density at radius 2 is 2.00 bits per heavy atom. The third-order valence-electron chi connectivity index (χ3n) is 6.22. The summed E-state index contributed by atoms with van der Waals surface area (Å²) in [5.41, 5.74) is 0.569. The summed E-state index contributed by atoms with van der Waals surface area (Å²) in [4.78, 5) is 0. The van der Waals surface area contributed by atoms with Gasteiger partial charge in [-0.15, -0.1) is 0 Å². The molecule has 0 spiro atoms. The molecule has 4 aliphatic rings. The molecule has 3 heterocycles. The van der Waals surface area contributed by atoms with E-state index in [1.54, 1.807) is 6.07 Å². The normalized spacial score (nSPS) is 34.9. The highest BCUT2D eigenvalue weighted by atomic mass is 19.1. The lowest BCUT2D eigenvalue weighted by atomic mass is 9.63. The Bertz CT molecular complexity index is 587. The van der Waals surface area contributed by atoms with E-state index in [9.17, 15) is 9.50 Å². The number of aliphatic hydroxyl groups excluding tert-OH is 1. The minimum atomic E-state index is -0.412. The van der Waals surface area contributed by atoms with Crippen LogP contribution in [0.5, 0.6) is 5.75 Å². The van der Waals surface area contributed by atoms with Gasteiger partial charge in [-0.1, -0.05) is 0 Å². The predicted octanol–water partition coefficient (Wildman–Crippen LogP) is 3.90. The van der Waals surface area contributed by atoms with Crippen molar-refractivity contribution >= 4 is 0 Å². The second-order valence-corrected chi connectivity index (χ2v) is 7.85. The lowest BCUT2D eigenvalue weighted by Crippen LogP contribution is -2.49. The quantitative estimate of drug-likeness (QED) is 0.875. The summed E-state index contributed by atoms with van der Waals surface area (Å²) in [5.74, 6) is 0.233. The smallest absolute Gasteiger partial charge is 0.199 e. The molecule has 5 rings (SSSR count). The monoisotopic (exact) mass is 350 g/mol. The number of halogens is 1. The van der Waals surface area contributed by atoms with Crippen molar-refractivity contribution in [3.05, 3.63) is 29.6 Å². The van der Waals surface area contributed by atoms with Crippen LogP contribution in [0.4, 0.5) is 4.39 Å². The highest BCUT2D eigenvalue weighted by Crippen LogP contribution is 2.55. The van der Waals surface area contributed by atoms with Crippen LogP contribution in [0.3, 0.4) is 0 Å². The molecule has 4 nitrogen and oxygen atoms in total. The topological polar surface area (TPSA) is 47.9 Å². The van der Waals surface area contributed by atoms with Crippen molar-refractivity contribution in [3.8, 4) is 5.75 Å². The fourth-order valence-electron chi connectivity index (χ4n) is 4.55. The summed E-state index contributed by atoms with van der Waals surface area (Å²) in [7, 11) is 0. The van der Waals surface area contributed by atoms with E-state index in [1.807, 2.05) is 6.07 Å². The van der Waals surface area contributed by atoms with Crippen LogP contribution in [-0.4, -0.2) is 31.2 Å². The maximum Gasteiger partial charge on any atom is 0.199 e. The molecule has 1 aromatic carbocycles. The molecule has 138 valence electrons. The van der Waals surface area contributed by atoms with Crippen molar-refractivity contribution in [3.63, 3.8) is 0 Å². The minimum absolute atomic E-state index is 0.110. The highest BCUT2D eigenvalue weighted by Gasteiger charge is 2.50. The Morgan fingerprint density at radius 3 is 2.64 bits per heavy atom. The Balaban J connectivity index is 1.52. The van der Waals surface area contributed by atoms with Crippen molar-refractivity contribution in [1.29, 1.82) is 0 Å². The van der Waals surface area contributed by atoms with E-state index in [4.69, 9.17) is 14.2 Å². The zero-order valence-electron chi connectivity index (χ0n) is 14.6. The van der Waals surface area contributed by atoms with Gasteiger partial charge < -0.3 is 19.3 Å². The van der Waals surface area contributed by atoms with Crippen LogP contribution >= 0.6 is 0 Å². The van der Waals surface area contributed by atoms with Crippen LogP contribution in [0.25, 0.3) is 0 Å². The van der Waals surface area contributed by atoms with E-state index < -0.39 is 5.60 Å². The molecule has 0 radical (unpaired) electrons. The molecule has 0 aromatic heterocycles. The summed E-state index contributed by atoms with van der Waals surface area (Å²) >= 11 is 0. The predicted molar refractivity (Wildman–Crippen MR) is 90.9 cm³/mol. The largest absolute Gasteiger partial charge is 0.465 e. The maximum atomic E-state index is 14.2. The zero-order chi connectivity index (χ0) is 17.3. The van der Waals surface area contributed by atoms with Gasteiger partial charge in [0.25, 0.3) is 0 Å². The van der Waals surface area contributed by atoms with Gasteiger partial charge in [-0.2, -0.15) is 0 Å².